The maximum atomic E-state index is 12.6. The largest absolute Gasteiger partial charge is 0.387 e. The normalized spacial score (nSPS) is 11.7. The van der Waals surface area contributed by atoms with Crippen LogP contribution >= 0.6 is 0 Å². The summed E-state index contributed by atoms with van der Waals surface area (Å²) >= 11 is 0. The lowest BCUT2D eigenvalue weighted by Crippen LogP contribution is -2.31. The highest BCUT2D eigenvalue weighted by atomic mass is 16.3. The number of anilines is 1. The number of aliphatic hydroxyl groups excluding tert-OH is 1. The number of aromatic nitrogens is 2. The van der Waals surface area contributed by atoms with E-state index in [1.165, 1.54) is 11.8 Å². The van der Waals surface area contributed by atoms with Crippen molar-refractivity contribution < 1.29 is 14.7 Å². The van der Waals surface area contributed by atoms with Gasteiger partial charge in [-0.15, -0.1) is 0 Å². The van der Waals surface area contributed by atoms with Crippen LogP contribution < -0.4 is 5.32 Å². The van der Waals surface area contributed by atoms with Gasteiger partial charge in [-0.1, -0.05) is 30.3 Å². The SMILES string of the molecule is CC(=O)Nc1cnn(-c2ccc(C(=O)N(C)CC(O)c3ccccc3)cc2)c1. The molecule has 3 aromatic rings. The molecule has 0 saturated heterocycles. The van der Waals surface area contributed by atoms with Gasteiger partial charge in [0.15, 0.2) is 0 Å². The molecule has 0 bridgehead atoms. The van der Waals surface area contributed by atoms with Crippen molar-refractivity contribution in [1.82, 2.24) is 14.7 Å². The fraction of sp³-hybridized carbons (Fsp3) is 0.190. The van der Waals surface area contributed by atoms with Gasteiger partial charge in [-0.2, -0.15) is 5.10 Å². The Balaban J connectivity index is 1.66. The van der Waals surface area contributed by atoms with Gasteiger partial charge in [-0.05, 0) is 29.8 Å². The molecule has 0 spiro atoms. The summed E-state index contributed by atoms with van der Waals surface area (Å²) in [4.78, 5) is 25.2. The van der Waals surface area contributed by atoms with Crippen LogP contribution in [0.1, 0.15) is 28.9 Å². The lowest BCUT2D eigenvalue weighted by Gasteiger charge is -2.21. The van der Waals surface area contributed by atoms with Gasteiger partial charge in [0.05, 0.1) is 36.4 Å². The molecule has 0 aliphatic carbocycles. The van der Waals surface area contributed by atoms with Crippen molar-refractivity contribution in [3.05, 3.63) is 78.1 Å². The highest BCUT2D eigenvalue weighted by molar-refractivity contribution is 5.94. The zero-order valence-corrected chi connectivity index (χ0v) is 15.7. The number of hydrogen-bond donors (Lipinski definition) is 2. The van der Waals surface area contributed by atoms with Crippen LogP contribution in [0.15, 0.2) is 67.0 Å². The van der Waals surface area contributed by atoms with Gasteiger partial charge in [-0.25, -0.2) is 4.68 Å². The summed E-state index contributed by atoms with van der Waals surface area (Å²) in [5.74, 6) is -0.345. The first-order valence-electron chi connectivity index (χ1n) is 8.85. The zero-order valence-electron chi connectivity index (χ0n) is 15.7. The third kappa shape index (κ3) is 4.63. The van der Waals surface area contributed by atoms with E-state index in [4.69, 9.17) is 0 Å². The van der Waals surface area contributed by atoms with Gasteiger partial charge < -0.3 is 15.3 Å². The number of hydrogen-bond acceptors (Lipinski definition) is 4. The molecule has 144 valence electrons. The smallest absolute Gasteiger partial charge is 0.253 e. The van der Waals surface area contributed by atoms with Crippen LogP contribution in [0.5, 0.6) is 0 Å². The number of carbonyl (C=O) groups excluding carboxylic acids is 2. The lowest BCUT2D eigenvalue weighted by atomic mass is 10.1. The maximum Gasteiger partial charge on any atom is 0.253 e. The highest BCUT2D eigenvalue weighted by Gasteiger charge is 2.16. The Morgan fingerprint density at radius 1 is 1.14 bits per heavy atom. The average Bonchev–Trinajstić information content (AvgIpc) is 3.16. The topological polar surface area (TPSA) is 87.5 Å². The van der Waals surface area contributed by atoms with Crippen LogP contribution in [0.3, 0.4) is 0 Å². The minimum Gasteiger partial charge on any atom is -0.387 e. The molecule has 28 heavy (non-hydrogen) atoms. The molecule has 1 atom stereocenters. The van der Waals surface area contributed by atoms with E-state index in [0.717, 1.165) is 11.3 Å². The zero-order chi connectivity index (χ0) is 20.1. The van der Waals surface area contributed by atoms with Crippen molar-refractivity contribution in [3.8, 4) is 5.69 Å². The Bertz CT molecular complexity index is 951. The number of rotatable bonds is 6. The molecule has 3 rings (SSSR count). The van der Waals surface area contributed by atoms with Crippen molar-refractivity contribution in [2.24, 2.45) is 0 Å². The van der Waals surface area contributed by atoms with Gasteiger partial charge >= 0.3 is 0 Å². The number of carbonyl (C=O) groups is 2. The molecule has 7 heteroatoms. The van der Waals surface area contributed by atoms with E-state index in [9.17, 15) is 14.7 Å². The molecule has 0 aliphatic heterocycles. The predicted molar refractivity (Wildman–Crippen MR) is 106 cm³/mol. The van der Waals surface area contributed by atoms with Crippen molar-refractivity contribution in [3.63, 3.8) is 0 Å². The third-order valence-electron chi connectivity index (χ3n) is 4.26. The Kier molecular flexibility index (Phi) is 5.86. The Hall–Kier alpha value is -3.45. The van der Waals surface area contributed by atoms with E-state index >= 15 is 0 Å². The van der Waals surface area contributed by atoms with Gasteiger partial charge in [0.1, 0.15) is 0 Å². The second-order valence-electron chi connectivity index (χ2n) is 6.51. The molecule has 0 fully saturated rings. The summed E-state index contributed by atoms with van der Waals surface area (Å²) in [5.41, 5.74) is 2.65. The monoisotopic (exact) mass is 378 g/mol. The first-order chi connectivity index (χ1) is 13.4. The molecule has 2 aromatic carbocycles. The molecule has 1 aromatic heterocycles. The Labute approximate surface area is 163 Å². The van der Waals surface area contributed by atoms with Gasteiger partial charge in [0.25, 0.3) is 5.91 Å². The second kappa shape index (κ2) is 8.49. The Morgan fingerprint density at radius 2 is 1.82 bits per heavy atom. The molecule has 0 radical (unpaired) electrons. The first kappa shape index (κ1) is 19.3. The fourth-order valence-corrected chi connectivity index (χ4v) is 2.83. The molecule has 7 nitrogen and oxygen atoms in total. The molecule has 0 aliphatic rings. The van der Waals surface area contributed by atoms with Crippen LogP contribution in [0.2, 0.25) is 0 Å². The van der Waals surface area contributed by atoms with Crippen LogP contribution in [0, 0.1) is 0 Å². The van der Waals surface area contributed by atoms with E-state index in [2.05, 4.69) is 10.4 Å². The van der Waals surface area contributed by atoms with Crippen molar-refractivity contribution in [1.29, 1.82) is 0 Å². The molecular weight excluding hydrogens is 356 g/mol. The molecule has 1 heterocycles. The van der Waals surface area contributed by atoms with E-state index in [0.29, 0.717) is 11.3 Å². The fourth-order valence-electron chi connectivity index (χ4n) is 2.83. The highest BCUT2D eigenvalue weighted by Crippen LogP contribution is 2.16. The summed E-state index contributed by atoms with van der Waals surface area (Å²) < 4.78 is 1.61. The number of nitrogens with one attached hydrogen (secondary N) is 1. The van der Waals surface area contributed by atoms with Gasteiger partial charge in [-0.3, -0.25) is 9.59 Å². The molecule has 1 unspecified atom stereocenters. The predicted octanol–water partition coefficient (Wildman–Crippen LogP) is 2.64. The van der Waals surface area contributed by atoms with Crippen molar-refractivity contribution in [2.75, 3.05) is 18.9 Å². The summed E-state index contributed by atoms with van der Waals surface area (Å²) in [5, 5.41) is 17.2. The van der Waals surface area contributed by atoms with Gasteiger partial charge in [0, 0.05) is 19.5 Å². The van der Waals surface area contributed by atoms with Gasteiger partial charge in [0.2, 0.25) is 5.91 Å². The minimum absolute atomic E-state index is 0.166. The number of amides is 2. The summed E-state index contributed by atoms with van der Waals surface area (Å²) in [7, 11) is 1.66. The van der Waals surface area contributed by atoms with E-state index in [1.54, 1.807) is 48.4 Å². The molecule has 0 saturated carbocycles. The van der Waals surface area contributed by atoms with Crippen LogP contribution in [0.4, 0.5) is 5.69 Å². The first-order valence-corrected chi connectivity index (χ1v) is 8.85. The lowest BCUT2D eigenvalue weighted by molar-refractivity contribution is -0.114. The Morgan fingerprint density at radius 3 is 2.46 bits per heavy atom. The number of nitrogens with zero attached hydrogens (tertiary/aromatic N) is 3. The molecular formula is C21H22N4O3. The van der Waals surface area contributed by atoms with Crippen molar-refractivity contribution in [2.45, 2.75) is 13.0 Å². The molecule has 2 N–H and O–H groups in total. The quantitative estimate of drug-likeness (QED) is 0.690. The minimum atomic E-state index is -0.745. The number of aliphatic hydroxyl groups is 1. The second-order valence-corrected chi connectivity index (χ2v) is 6.51. The van der Waals surface area contributed by atoms with E-state index < -0.39 is 6.10 Å². The average molecular weight is 378 g/mol. The number of likely N-dealkylation sites (N-methyl/N-ethyl adjacent to an activating group) is 1. The van der Waals surface area contributed by atoms with Crippen LogP contribution in [0.25, 0.3) is 5.69 Å². The number of benzene rings is 2. The standard InChI is InChI=1S/C21H22N4O3/c1-15(26)23-18-12-22-25(13-18)19-10-8-17(9-11-19)21(28)24(2)14-20(27)16-6-4-3-5-7-16/h3-13,20,27H,14H2,1-2H3,(H,23,26). The maximum absolute atomic E-state index is 12.6. The molecule has 2 amide bonds. The summed E-state index contributed by atoms with van der Waals surface area (Å²) in [6.07, 6.45) is 2.51. The van der Waals surface area contributed by atoms with Crippen molar-refractivity contribution >= 4 is 17.5 Å². The third-order valence-corrected chi connectivity index (χ3v) is 4.26. The van der Waals surface area contributed by atoms with E-state index in [-0.39, 0.29) is 18.4 Å². The summed E-state index contributed by atoms with van der Waals surface area (Å²) in [6.45, 7) is 1.63. The van der Waals surface area contributed by atoms with E-state index in [1.807, 2.05) is 30.3 Å². The van der Waals surface area contributed by atoms with Crippen LogP contribution in [-0.2, 0) is 4.79 Å². The summed E-state index contributed by atoms with van der Waals surface area (Å²) in [6, 6.07) is 16.2. The van der Waals surface area contributed by atoms with Crippen LogP contribution in [-0.4, -0.2) is 45.2 Å².